The van der Waals surface area contributed by atoms with Gasteiger partial charge in [0.1, 0.15) is 11.3 Å². The molecule has 0 N–H and O–H groups in total. The van der Waals surface area contributed by atoms with Gasteiger partial charge in [0.05, 0.1) is 5.01 Å². The van der Waals surface area contributed by atoms with Crippen LogP contribution in [0.5, 0.6) is 0 Å². The molecule has 0 radical (unpaired) electrons. The van der Waals surface area contributed by atoms with Crippen molar-refractivity contribution in [2.24, 2.45) is 0 Å². The quantitative estimate of drug-likeness (QED) is 0.653. The Balaban J connectivity index is 2.07. The number of thiazole rings is 1. The summed E-state index contributed by atoms with van der Waals surface area (Å²) in [6.45, 7) is 4.31. The van der Waals surface area contributed by atoms with Crippen LogP contribution in [0.25, 0.3) is 22.4 Å². The van der Waals surface area contributed by atoms with Crippen molar-refractivity contribution in [1.29, 1.82) is 0 Å². The number of hydrogen-bond donors (Lipinski definition) is 0. The largest absolute Gasteiger partial charge is 0.454 e. The van der Waals surface area contributed by atoms with Crippen LogP contribution < -0.4 is 0 Å². The Morgan fingerprint density at radius 1 is 1.24 bits per heavy atom. The van der Waals surface area contributed by atoms with E-state index in [4.69, 9.17) is 4.42 Å². The summed E-state index contributed by atoms with van der Waals surface area (Å²) in [7, 11) is 0. The second-order valence-corrected chi connectivity index (χ2v) is 5.26. The van der Waals surface area contributed by atoms with Crippen molar-refractivity contribution in [2.45, 2.75) is 19.8 Å². The van der Waals surface area contributed by atoms with E-state index in [2.05, 4.69) is 36.3 Å². The second kappa shape index (κ2) is 4.00. The van der Waals surface area contributed by atoms with Gasteiger partial charge in [0.2, 0.25) is 0 Å². The van der Waals surface area contributed by atoms with E-state index >= 15 is 0 Å². The van der Waals surface area contributed by atoms with Gasteiger partial charge in [0.25, 0.3) is 0 Å². The van der Waals surface area contributed by atoms with Crippen LogP contribution in [0, 0.1) is 0 Å². The fraction of sp³-hybridized carbons (Fsp3) is 0.214. The molecule has 3 heteroatoms. The van der Waals surface area contributed by atoms with Crippen LogP contribution in [0.15, 0.2) is 40.1 Å². The molecule has 0 unspecified atom stereocenters. The highest BCUT2D eigenvalue weighted by Crippen LogP contribution is 2.30. The Bertz CT molecular complexity index is 618. The molecule has 0 saturated carbocycles. The van der Waals surface area contributed by atoms with E-state index in [1.165, 1.54) is 0 Å². The van der Waals surface area contributed by atoms with Gasteiger partial charge in [-0.3, -0.25) is 0 Å². The third kappa shape index (κ3) is 1.87. The smallest absolute Gasteiger partial charge is 0.154 e. The highest BCUT2D eigenvalue weighted by atomic mass is 32.1. The minimum Gasteiger partial charge on any atom is -0.454 e. The number of nitrogens with zero attached hydrogens (tertiary/aromatic N) is 1. The first-order chi connectivity index (χ1) is 8.24. The van der Waals surface area contributed by atoms with E-state index in [9.17, 15) is 0 Å². The Kier molecular flexibility index (Phi) is 2.48. The maximum absolute atomic E-state index is 5.79. The number of fused-ring (bicyclic) bond motifs is 1. The number of furan rings is 1. The molecule has 3 aromatic rings. The van der Waals surface area contributed by atoms with E-state index in [0.29, 0.717) is 5.92 Å². The van der Waals surface area contributed by atoms with Crippen LogP contribution in [0.3, 0.4) is 0 Å². The molecule has 0 amide bonds. The highest BCUT2D eigenvalue weighted by molar-refractivity contribution is 7.10. The summed E-state index contributed by atoms with van der Waals surface area (Å²) >= 11 is 1.69. The van der Waals surface area contributed by atoms with Crippen molar-refractivity contribution in [3.8, 4) is 11.5 Å². The zero-order valence-electron chi connectivity index (χ0n) is 9.81. The molecule has 0 aliphatic rings. The summed E-state index contributed by atoms with van der Waals surface area (Å²) in [4.78, 5) is 4.60. The number of aromatic nitrogens is 1. The fourth-order valence-corrected chi connectivity index (χ4v) is 2.60. The predicted octanol–water partition coefficient (Wildman–Crippen LogP) is 4.68. The summed E-state index contributed by atoms with van der Waals surface area (Å²) < 4.78 is 5.79. The molecule has 3 rings (SSSR count). The summed E-state index contributed by atoms with van der Waals surface area (Å²) in [5.74, 6) is 1.33. The molecular weight excluding hydrogens is 230 g/mol. The maximum Gasteiger partial charge on any atom is 0.154 e. The Labute approximate surface area is 104 Å². The molecule has 2 aromatic heterocycles. The molecule has 0 bridgehead atoms. The van der Waals surface area contributed by atoms with Crippen molar-refractivity contribution in [3.63, 3.8) is 0 Å². The number of para-hydroxylation sites is 1. The molecule has 0 saturated heterocycles. The van der Waals surface area contributed by atoms with Crippen LogP contribution in [0.4, 0.5) is 0 Å². The van der Waals surface area contributed by atoms with Crippen molar-refractivity contribution in [2.75, 3.05) is 0 Å². The molecule has 0 aliphatic carbocycles. The zero-order chi connectivity index (χ0) is 11.8. The van der Waals surface area contributed by atoms with E-state index < -0.39 is 0 Å². The topological polar surface area (TPSA) is 26.0 Å². The van der Waals surface area contributed by atoms with Crippen LogP contribution in [-0.4, -0.2) is 4.98 Å². The number of benzene rings is 1. The minimum absolute atomic E-state index is 0.470. The first-order valence-electron chi connectivity index (χ1n) is 5.68. The lowest BCUT2D eigenvalue weighted by atomic mass is 10.2. The lowest BCUT2D eigenvalue weighted by molar-refractivity contribution is 0.628. The van der Waals surface area contributed by atoms with E-state index in [-0.39, 0.29) is 0 Å². The molecular formula is C14H13NOS. The Hall–Kier alpha value is -1.61. The summed E-state index contributed by atoms with van der Waals surface area (Å²) in [5, 5.41) is 4.34. The van der Waals surface area contributed by atoms with Gasteiger partial charge in [0.15, 0.2) is 5.76 Å². The van der Waals surface area contributed by atoms with E-state index in [0.717, 1.165) is 27.4 Å². The van der Waals surface area contributed by atoms with Crippen LogP contribution in [0.1, 0.15) is 24.8 Å². The number of hydrogen-bond acceptors (Lipinski definition) is 3. The summed E-state index contributed by atoms with van der Waals surface area (Å²) in [6.07, 6.45) is 0. The molecule has 17 heavy (non-hydrogen) atoms. The molecule has 0 atom stereocenters. The van der Waals surface area contributed by atoms with Gasteiger partial charge in [-0.25, -0.2) is 4.98 Å². The van der Waals surface area contributed by atoms with Gasteiger partial charge in [0, 0.05) is 16.7 Å². The van der Waals surface area contributed by atoms with Gasteiger partial charge >= 0.3 is 0 Å². The van der Waals surface area contributed by atoms with E-state index in [1.54, 1.807) is 11.3 Å². The average Bonchev–Trinajstić information content (AvgIpc) is 2.95. The summed E-state index contributed by atoms with van der Waals surface area (Å²) in [6, 6.07) is 10.1. The number of rotatable bonds is 2. The first-order valence-corrected chi connectivity index (χ1v) is 6.56. The second-order valence-electron chi connectivity index (χ2n) is 4.37. The molecule has 0 fully saturated rings. The Morgan fingerprint density at radius 3 is 2.76 bits per heavy atom. The third-order valence-corrected chi connectivity index (χ3v) is 3.84. The van der Waals surface area contributed by atoms with Crippen LogP contribution >= 0.6 is 11.3 Å². The molecule has 0 spiro atoms. The van der Waals surface area contributed by atoms with Gasteiger partial charge in [-0.1, -0.05) is 32.0 Å². The fourth-order valence-electron chi connectivity index (χ4n) is 1.77. The van der Waals surface area contributed by atoms with Crippen molar-refractivity contribution < 1.29 is 4.42 Å². The monoisotopic (exact) mass is 243 g/mol. The molecule has 0 aliphatic heterocycles. The van der Waals surface area contributed by atoms with Gasteiger partial charge in [-0.2, -0.15) is 0 Å². The van der Waals surface area contributed by atoms with Crippen molar-refractivity contribution in [3.05, 3.63) is 40.7 Å². The van der Waals surface area contributed by atoms with Crippen LogP contribution in [-0.2, 0) is 0 Å². The van der Waals surface area contributed by atoms with Crippen LogP contribution in [0.2, 0.25) is 0 Å². The molecule has 86 valence electrons. The standard InChI is InChI=1S/C14H13NOS/c1-9(2)14-15-11(8-17-14)13-7-10-5-3-4-6-12(10)16-13/h3-9H,1-2H3. The maximum atomic E-state index is 5.79. The van der Waals surface area contributed by atoms with Crippen molar-refractivity contribution in [1.82, 2.24) is 4.98 Å². The lowest BCUT2D eigenvalue weighted by Crippen LogP contribution is -1.84. The van der Waals surface area contributed by atoms with Gasteiger partial charge < -0.3 is 4.42 Å². The predicted molar refractivity (Wildman–Crippen MR) is 71.4 cm³/mol. The average molecular weight is 243 g/mol. The zero-order valence-corrected chi connectivity index (χ0v) is 10.6. The van der Waals surface area contributed by atoms with Crippen molar-refractivity contribution >= 4 is 22.3 Å². The molecule has 2 nitrogen and oxygen atoms in total. The molecule has 1 aromatic carbocycles. The van der Waals surface area contributed by atoms with E-state index in [1.807, 2.05) is 18.2 Å². The lowest BCUT2D eigenvalue weighted by Gasteiger charge is -1.95. The minimum atomic E-state index is 0.470. The highest BCUT2D eigenvalue weighted by Gasteiger charge is 2.11. The van der Waals surface area contributed by atoms with Gasteiger partial charge in [-0.05, 0) is 12.1 Å². The van der Waals surface area contributed by atoms with Gasteiger partial charge in [-0.15, -0.1) is 11.3 Å². The SMILES string of the molecule is CC(C)c1nc(-c2cc3ccccc3o2)cs1. The first kappa shape index (κ1) is 10.5. The molecule has 2 heterocycles. The third-order valence-electron chi connectivity index (χ3n) is 2.69. The Morgan fingerprint density at radius 2 is 2.06 bits per heavy atom. The summed E-state index contributed by atoms with van der Waals surface area (Å²) in [5.41, 5.74) is 1.86. The normalized spacial score (nSPS) is 11.5.